The van der Waals surface area contributed by atoms with Crippen molar-refractivity contribution in [1.82, 2.24) is 5.32 Å². The van der Waals surface area contributed by atoms with Gasteiger partial charge in [0.25, 0.3) is 0 Å². The van der Waals surface area contributed by atoms with Crippen molar-refractivity contribution < 1.29 is 4.79 Å². The second kappa shape index (κ2) is 6.82. The van der Waals surface area contributed by atoms with Crippen LogP contribution >= 0.6 is 0 Å². The molecular weight excluding hydrogens is 186 g/mol. The van der Waals surface area contributed by atoms with E-state index in [-0.39, 0.29) is 5.91 Å². The van der Waals surface area contributed by atoms with Crippen LogP contribution in [0.3, 0.4) is 0 Å². The molecule has 80 valence electrons. The summed E-state index contributed by atoms with van der Waals surface area (Å²) in [7, 11) is 0. The molecular formula is C13H17NO. The van der Waals surface area contributed by atoms with E-state index in [1.54, 1.807) is 6.08 Å². The smallest absolute Gasteiger partial charge is 0.243 e. The fourth-order valence-electron chi connectivity index (χ4n) is 1.20. The number of carbonyl (C=O) groups excluding carboxylic acids is 1. The summed E-state index contributed by atoms with van der Waals surface area (Å²) in [5.41, 5.74) is 1.12. The highest BCUT2D eigenvalue weighted by Gasteiger charge is 1.94. The lowest BCUT2D eigenvalue weighted by molar-refractivity contribution is -0.116. The maximum atomic E-state index is 11.3. The number of benzene rings is 1. The van der Waals surface area contributed by atoms with E-state index in [0.29, 0.717) is 6.54 Å². The average molecular weight is 203 g/mol. The molecule has 0 spiro atoms. The summed E-state index contributed by atoms with van der Waals surface area (Å²) in [6, 6.07) is 9.89. The van der Waals surface area contributed by atoms with Gasteiger partial charge in [0, 0.05) is 6.54 Å². The van der Waals surface area contributed by atoms with Gasteiger partial charge in [0.2, 0.25) is 5.91 Å². The largest absolute Gasteiger partial charge is 0.348 e. The molecule has 0 saturated heterocycles. The van der Waals surface area contributed by atoms with Crippen LogP contribution in [-0.2, 0) is 11.3 Å². The lowest BCUT2D eigenvalue weighted by atomic mass is 10.2. The van der Waals surface area contributed by atoms with Crippen molar-refractivity contribution in [2.75, 3.05) is 0 Å². The van der Waals surface area contributed by atoms with Crippen LogP contribution in [0.1, 0.15) is 25.3 Å². The van der Waals surface area contributed by atoms with E-state index in [9.17, 15) is 4.79 Å². The monoisotopic (exact) mass is 203 g/mol. The van der Waals surface area contributed by atoms with Gasteiger partial charge in [-0.2, -0.15) is 0 Å². The Morgan fingerprint density at radius 3 is 2.73 bits per heavy atom. The molecule has 1 N–H and O–H groups in total. The fourth-order valence-corrected chi connectivity index (χ4v) is 1.20. The Kier molecular flexibility index (Phi) is 5.23. The highest BCUT2D eigenvalue weighted by molar-refractivity contribution is 5.87. The number of hydrogen-bond acceptors (Lipinski definition) is 1. The van der Waals surface area contributed by atoms with Crippen molar-refractivity contribution in [1.29, 1.82) is 0 Å². The summed E-state index contributed by atoms with van der Waals surface area (Å²) < 4.78 is 0. The highest BCUT2D eigenvalue weighted by atomic mass is 16.1. The summed E-state index contributed by atoms with van der Waals surface area (Å²) in [4.78, 5) is 11.3. The number of amides is 1. The molecule has 2 nitrogen and oxygen atoms in total. The molecule has 0 aliphatic carbocycles. The standard InChI is InChI=1S/C13H17NO/c1-2-3-5-10-13(15)14-11-12-8-6-4-7-9-12/h4-10H,2-3,11H2,1H3,(H,14,15)/b10-5+. The molecule has 0 aliphatic rings. The third-order valence-corrected chi connectivity index (χ3v) is 2.03. The molecule has 0 aromatic heterocycles. The minimum atomic E-state index is -0.0210. The zero-order valence-corrected chi connectivity index (χ0v) is 9.07. The van der Waals surface area contributed by atoms with Gasteiger partial charge in [0.05, 0.1) is 0 Å². The first kappa shape index (κ1) is 11.5. The normalized spacial score (nSPS) is 10.5. The molecule has 1 aromatic rings. The first-order valence-corrected chi connectivity index (χ1v) is 5.31. The van der Waals surface area contributed by atoms with Gasteiger partial charge in [-0.1, -0.05) is 49.8 Å². The third-order valence-electron chi connectivity index (χ3n) is 2.03. The molecule has 15 heavy (non-hydrogen) atoms. The first-order valence-electron chi connectivity index (χ1n) is 5.31. The number of allylic oxidation sites excluding steroid dienone is 1. The highest BCUT2D eigenvalue weighted by Crippen LogP contribution is 1.97. The van der Waals surface area contributed by atoms with Gasteiger partial charge in [0.15, 0.2) is 0 Å². The lowest BCUT2D eigenvalue weighted by Crippen LogP contribution is -2.20. The third kappa shape index (κ3) is 5.01. The topological polar surface area (TPSA) is 29.1 Å². The van der Waals surface area contributed by atoms with E-state index in [4.69, 9.17) is 0 Å². The molecule has 0 heterocycles. The van der Waals surface area contributed by atoms with Crippen molar-refractivity contribution in [2.45, 2.75) is 26.3 Å². The molecule has 2 heteroatoms. The number of rotatable bonds is 5. The predicted molar refractivity (Wildman–Crippen MR) is 62.3 cm³/mol. The zero-order chi connectivity index (χ0) is 10.9. The summed E-state index contributed by atoms with van der Waals surface area (Å²) in [5, 5.41) is 2.83. The molecule has 1 aromatic carbocycles. The van der Waals surface area contributed by atoms with Crippen LogP contribution in [-0.4, -0.2) is 5.91 Å². The van der Waals surface area contributed by atoms with Crippen molar-refractivity contribution in [3.05, 3.63) is 48.0 Å². The van der Waals surface area contributed by atoms with E-state index >= 15 is 0 Å². The minimum Gasteiger partial charge on any atom is -0.348 e. The molecule has 0 atom stereocenters. The minimum absolute atomic E-state index is 0.0210. The Balaban J connectivity index is 2.28. The molecule has 0 saturated carbocycles. The molecule has 1 rings (SSSR count). The lowest BCUT2D eigenvalue weighted by Gasteiger charge is -2.01. The van der Waals surface area contributed by atoms with Gasteiger partial charge < -0.3 is 5.32 Å². The van der Waals surface area contributed by atoms with Gasteiger partial charge in [-0.15, -0.1) is 0 Å². The van der Waals surface area contributed by atoms with E-state index in [2.05, 4.69) is 12.2 Å². The second-order valence-corrected chi connectivity index (χ2v) is 3.39. The van der Waals surface area contributed by atoms with Crippen LogP contribution in [0.25, 0.3) is 0 Å². The fraction of sp³-hybridized carbons (Fsp3) is 0.308. The van der Waals surface area contributed by atoms with Gasteiger partial charge in [-0.05, 0) is 18.1 Å². The van der Waals surface area contributed by atoms with E-state index in [0.717, 1.165) is 18.4 Å². The Morgan fingerprint density at radius 1 is 1.33 bits per heavy atom. The number of unbranched alkanes of at least 4 members (excludes halogenated alkanes) is 1. The molecule has 0 fully saturated rings. The van der Waals surface area contributed by atoms with E-state index in [1.807, 2.05) is 36.4 Å². The van der Waals surface area contributed by atoms with E-state index in [1.165, 1.54) is 0 Å². The summed E-state index contributed by atoms with van der Waals surface area (Å²) in [6.07, 6.45) is 5.54. The van der Waals surface area contributed by atoms with Crippen LogP contribution in [0, 0.1) is 0 Å². The summed E-state index contributed by atoms with van der Waals surface area (Å²) in [5.74, 6) is -0.0210. The summed E-state index contributed by atoms with van der Waals surface area (Å²) in [6.45, 7) is 2.68. The SMILES string of the molecule is CCC/C=C/C(=O)NCc1ccccc1. The van der Waals surface area contributed by atoms with Gasteiger partial charge in [0.1, 0.15) is 0 Å². The number of hydrogen-bond donors (Lipinski definition) is 1. The van der Waals surface area contributed by atoms with E-state index < -0.39 is 0 Å². The Morgan fingerprint density at radius 2 is 2.07 bits per heavy atom. The summed E-state index contributed by atoms with van der Waals surface area (Å²) >= 11 is 0. The molecule has 0 unspecified atom stereocenters. The van der Waals surface area contributed by atoms with Crippen LogP contribution in [0.5, 0.6) is 0 Å². The van der Waals surface area contributed by atoms with Crippen molar-refractivity contribution >= 4 is 5.91 Å². The zero-order valence-electron chi connectivity index (χ0n) is 9.07. The first-order chi connectivity index (χ1) is 7.33. The Hall–Kier alpha value is -1.57. The van der Waals surface area contributed by atoms with Gasteiger partial charge in [-0.25, -0.2) is 0 Å². The maximum absolute atomic E-state index is 11.3. The van der Waals surface area contributed by atoms with Crippen molar-refractivity contribution in [2.24, 2.45) is 0 Å². The van der Waals surface area contributed by atoms with Gasteiger partial charge >= 0.3 is 0 Å². The molecule has 0 radical (unpaired) electrons. The maximum Gasteiger partial charge on any atom is 0.243 e. The second-order valence-electron chi connectivity index (χ2n) is 3.39. The number of nitrogens with one attached hydrogen (secondary N) is 1. The molecule has 0 aliphatic heterocycles. The quantitative estimate of drug-likeness (QED) is 0.732. The predicted octanol–water partition coefficient (Wildman–Crippen LogP) is 2.66. The Labute approximate surface area is 91.0 Å². The van der Waals surface area contributed by atoms with Crippen molar-refractivity contribution in [3.63, 3.8) is 0 Å². The molecule has 1 amide bonds. The molecule has 0 bridgehead atoms. The van der Waals surface area contributed by atoms with Gasteiger partial charge in [-0.3, -0.25) is 4.79 Å². The average Bonchev–Trinajstić information content (AvgIpc) is 2.28. The van der Waals surface area contributed by atoms with Crippen LogP contribution in [0.15, 0.2) is 42.5 Å². The van der Waals surface area contributed by atoms with Crippen LogP contribution in [0.2, 0.25) is 0 Å². The number of carbonyl (C=O) groups is 1. The van der Waals surface area contributed by atoms with Crippen LogP contribution < -0.4 is 5.32 Å². The van der Waals surface area contributed by atoms with Crippen molar-refractivity contribution in [3.8, 4) is 0 Å². The Bertz CT molecular complexity index is 317. The van der Waals surface area contributed by atoms with Crippen LogP contribution in [0.4, 0.5) is 0 Å².